The number of nitrogens with two attached hydrogens (primary N) is 1. The average Bonchev–Trinajstić information content (AvgIpc) is 2.90. The summed E-state index contributed by atoms with van der Waals surface area (Å²) < 4.78 is 6.74. The minimum atomic E-state index is -0.767. The highest BCUT2D eigenvalue weighted by Crippen LogP contribution is 2.40. The van der Waals surface area contributed by atoms with Gasteiger partial charge in [0.1, 0.15) is 11.9 Å². The highest BCUT2D eigenvalue weighted by atomic mass is 16.6. The number of benzene rings is 3. The lowest BCUT2D eigenvalue weighted by molar-refractivity contribution is -0.383. The Hall–Kier alpha value is -4.30. The first kappa shape index (κ1) is 23.8. The predicted octanol–water partition coefficient (Wildman–Crippen LogP) is 5.17. The van der Waals surface area contributed by atoms with Crippen LogP contribution in [0.2, 0.25) is 0 Å². The zero-order valence-electron chi connectivity index (χ0n) is 19.2. The van der Waals surface area contributed by atoms with Gasteiger partial charge >= 0.3 is 5.69 Å². The summed E-state index contributed by atoms with van der Waals surface area (Å²) in [5, 5.41) is 14.3. The fourth-order valence-corrected chi connectivity index (χ4v) is 4.13. The second kappa shape index (κ2) is 11.2. The summed E-state index contributed by atoms with van der Waals surface area (Å²) in [4.78, 5) is 18.4. The van der Waals surface area contributed by atoms with Gasteiger partial charge in [0.05, 0.1) is 4.92 Å². The number of ether oxygens (including phenoxy) is 1. The van der Waals surface area contributed by atoms with E-state index in [1.165, 1.54) is 6.33 Å². The van der Waals surface area contributed by atoms with Crippen LogP contribution in [0.15, 0.2) is 97.3 Å². The Kier molecular flexibility index (Phi) is 7.64. The molecule has 0 radical (unpaired) electrons. The molecule has 4 rings (SSSR count). The summed E-state index contributed by atoms with van der Waals surface area (Å²) in [6.45, 7) is 0.962. The quantitative estimate of drug-likeness (QED) is 0.135. The van der Waals surface area contributed by atoms with Crippen LogP contribution in [0.1, 0.15) is 29.5 Å². The third kappa shape index (κ3) is 5.28. The van der Waals surface area contributed by atoms with E-state index in [0.717, 1.165) is 29.5 Å². The molecule has 8 heteroatoms. The Balaban J connectivity index is 1.51. The molecule has 0 aliphatic carbocycles. The van der Waals surface area contributed by atoms with Gasteiger partial charge in [-0.2, -0.15) is 0 Å². The molecule has 0 saturated carbocycles. The molecule has 1 heterocycles. The summed E-state index contributed by atoms with van der Waals surface area (Å²) in [6, 6.07) is 30.6. The number of aromatic nitrogens is 2. The highest BCUT2D eigenvalue weighted by Gasteiger charge is 2.37. The summed E-state index contributed by atoms with van der Waals surface area (Å²) in [5.74, 6) is -0.0372. The van der Waals surface area contributed by atoms with Gasteiger partial charge in [-0.25, -0.2) is 9.97 Å². The van der Waals surface area contributed by atoms with Gasteiger partial charge in [-0.1, -0.05) is 91.0 Å². The van der Waals surface area contributed by atoms with Gasteiger partial charge in [0.2, 0.25) is 11.6 Å². The first-order valence-corrected chi connectivity index (χ1v) is 11.4. The lowest BCUT2D eigenvalue weighted by Gasteiger charge is -2.36. The van der Waals surface area contributed by atoms with E-state index in [2.05, 4.69) is 51.7 Å². The minimum Gasteiger partial charge on any atom is -0.378 e. The lowest BCUT2D eigenvalue weighted by atomic mass is 9.80. The number of rotatable bonds is 11. The van der Waals surface area contributed by atoms with Crippen molar-refractivity contribution in [3.63, 3.8) is 0 Å². The average molecular weight is 470 g/mol. The van der Waals surface area contributed by atoms with Gasteiger partial charge in [-0.3, -0.25) is 10.1 Å². The molecule has 0 aliphatic rings. The van der Waals surface area contributed by atoms with E-state index in [-0.39, 0.29) is 17.3 Å². The summed E-state index contributed by atoms with van der Waals surface area (Å²) in [6.07, 6.45) is 2.66. The molecular weight excluding hydrogens is 442 g/mol. The molecule has 0 unspecified atom stereocenters. The normalized spacial score (nSPS) is 11.2. The van der Waals surface area contributed by atoms with Crippen LogP contribution >= 0.6 is 0 Å². The Morgan fingerprint density at radius 2 is 1.34 bits per heavy atom. The lowest BCUT2D eigenvalue weighted by Crippen LogP contribution is -2.33. The summed E-state index contributed by atoms with van der Waals surface area (Å²) >= 11 is 0. The van der Waals surface area contributed by atoms with E-state index in [9.17, 15) is 10.1 Å². The number of hydrogen-bond acceptors (Lipinski definition) is 7. The molecular formula is C27H27N5O3. The molecule has 3 aromatic carbocycles. The topological polar surface area (TPSA) is 116 Å². The van der Waals surface area contributed by atoms with Gasteiger partial charge in [0, 0.05) is 13.2 Å². The van der Waals surface area contributed by atoms with Gasteiger partial charge in [0.25, 0.3) is 0 Å². The third-order valence-electron chi connectivity index (χ3n) is 5.76. The fourth-order valence-electron chi connectivity index (χ4n) is 4.13. The maximum absolute atomic E-state index is 11.3. The first-order valence-electron chi connectivity index (χ1n) is 11.4. The molecule has 0 atom stereocenters. The van der Waals surface area contributed by atoms with Crippen molar-refractivity contribution in [1.29, 1.82) is 0 Å². The number of nitrogens with zero attached hydrogens (tertiary/aromatic N) is 3. The molecule has 4 aromatic rings. The van der Waals surface area contributed by atoms with Gasteiger partial charge in [-0.15, -0.1) is 0 Å². The molecule has 0 spiro atoms. The van der Waals surface area contributed by atoms with Gasteiger partial charge in [-0.05, 0) is 29.5 Å². The monoisotopic (exact) mass is 469 g/mol. The van der Waals surface area contributed by atoms with Crippen molar-refractivity contribution in [2.24, 2.45) is 0 Å². The maximum Gasteiger partial charge on any atom is 0.352 e. The number of nitro groups is 1. The molecule has 1 aromatic heterocycles. The fraction of sp³-hybridized carbons (Fsp3) is 0.185. The Morgan fingerprint density at radius 3 is 1.83 bits per heavy atom. The highest BCUT2D eigenvalue weighted by molar-refractivity contribution is 5.67. The Labute approximate surface area is 204 Å². The summed E-state index contributed by atoms with van der Waals surface area (Å²) in [5.41, 5.74) is 7.70. The first-order chi connectivity index (χ1) is 17.1. The second-order valence-corrected chi connectivity index (χ2v) is 7.97. The van der Waals surface area contributed by atoms with Gasteiger partial charge in [0.15, 0.2) is 0 Å². The van der Waals surface area contributed by atoms with E-state index in [1.54, 1.807) is 0 Å². The molecule has 0 amide bonds. The molecule has 3 N–H and O–H groups in total. The van der Waals surface area contributed by atoms with E-state index in [4.69, 9.17) is 10.5 Å². The molecule has 0 fully saturated rings. The number of hydrogen-bond donors (Lipinski definition) is 2. The number of anilines is 2. The minimum absolute atomic E-state index is 0.121. The number of unbranched alkanes of at least 4 members (excludes halogenated alkanes) is 1. The van der Waals surface area contributed by atoms with Crippen molar-refractivity contribution < 1.29 is 9.66 Å². The van der Waals surface area contributed by atoms with Crippen LogP contribution in [0.4, 0.5) is 17.3 Å². The second-order valence-electron chi connectivity index (χ2n) is 7.97. The predicted molar refractivity (Wildman–Crippen MR) is 136 cm³/mol. The van der Waals surface area contributed by atoms with Crippen molar-refractivity contribution in [3.05, 3.63) is 124 Å². The van der Waals surface area contributed by atoms with Crippen LogP contribution in [0.3, 0.4) is 0 Å². The van der Waals surface area contributed by atoms with Crippen LogP contribution in [-0.4, -0.2) is 28.0 Å². The zero-order valence-corrected chi connectivity index (χ0v) is 19.2. The van der Waals surface area contributed by atoms with Crippen LogP contribution in [0.5, 0.6) is 0 Å². The van der Waals surface area contributed by atoms with Crippen LogP contribution in [0, 0.1) is 10.1 Å². The number of nitrogens with one attached hydrogen (secondary N) is 1. The third-order valence-corrected chi connectivity index (χ3v) is 5.76. The van der Waals surface area contributed by atoms with E-state index in [0.29, 0.717) is 13.2 Å². The van der Waals surface area contributed by atoms with E-state index >= 15 is 0 Å². The molecule has 0 aliphatic heterocycles. The van der Waals surface area contributed by atoms with Crippen LogP contribution in [0.25, 0.3) is 0 Å². The SMILES string of the molecule is Nc1ncnc(NCCCCOC(c2ccccc2)(c2ccccc2)c2ccccc2)c1[N+](=O)[O-]. The van der Waals surface area contributed by atoms with Crippen molar-refractivity contribution >= 4 is 17.3 Å². The van der Waals surface area contributed by atoms with Crippen molar-refractivity contribution in [3.8, 4) is 0 Å². The van der Waals surface area contributed by atoms with Crippen LogP contribution < -0.4 is 11.1 Å². The van der Waals surface area contributed by atoms with Crippen molar-refractivity contribution in [2.75, 3.05) is 24.2 Å². The molecule has 35 heavy (non-hydrogen) atoms. The Morgan fingerprint density at radius 1 is 0.829 bits per heavy atom. The molecule has 8 nitrogen and oxygen atoms in total. The van der Waals surface area contributed by atoms with Crippen LogP contribution in [-0.2, 0) is 10.3 Å². The van der Waals surface area contributed by atoms with Crippen molar-refractivity contribution in [1.82, 2.24) is 9.97 Å². The summed E-state index contributed by atoms with van der Waals surface area (Å²) in [7, 11) is 0. The van der Waals surface area contributed by atoms with Gasteiger partial charge < -0.3 is 15.8 Å². The molecule has 0 saturated heterocycles. The zero-order chi connectivity index (χ0) is 24.5. The van der Waals surface area contributed by atoms with Crippen molar-refractivity contribution in [2.45, 2.75) is 18.4 Å². The Bertz CT molecular complexity index is 1140. The maximum atomic E-state index is 11.3. The smallest absolute Gasteiger partial charge is 0.352 e. The number of nitrogen functional groups attached to an aromatic ring is 1. The van der Waals surface area contributed by atoms with E-state index < -0.39 is 10.5 Å². The standard InChI is InChI=1S/C27H27N5O3/c28-25-24(32(33)34)26(31-20-30-25)29-18-10-11-19-35-27(21-12-4-1-5-13-21,22-14-6-2-7-15-22)23-16-8-3-9-17-23/h1-9,12-17,20H,10-11,18-19H2,(H3,28,29,30,31). The largest absolute Gasteiger partial charge is 0.378 e. The van der Waals surface area contributed by atoms with E-state index in [1.807, 2.05) is 54.6 Å². The molecule has 178 valence electrons. The molecule has 0 bridgehead atoms.